The van der Waals surface area contributed by atoms with Crippen LogP contribution in [-0.2, 0) is 24.7 Å². The summed E-state index contributed by atoms with van der Waals surface area (Å²) >= 11 is 0.694. The van der Waals surface area contributed by atoms with Gasteiger partial charge in [-0.15, -0.1) is 11.3 Å². The number of sulfonamides is 1. The lowest BCUT2D eigenvalue weighted by molar-refractivity contribution is -0.117. The minimum atomic E-state index is -4.03. The van der Waals surface area contributed by atoms with E-state index in [1.807, 2.05) is 11.6 Å². The first kappa shape index (κ1) is 17.4. The van der Waals surface area contributed by atoms with Gasteiger partial charge in [-0.05, 0) is 26.0 Å². The number of fused-ring (bicyclic) bond motifs is 1. The standard InChI is InChI=1S/C12H18N2O5S3/c1-4-13-10-5-7(2)21(16,17)12-9(10)6-11(20-12)22(18,19)14-8(3)15/h6-7,10,13H,4-5H2,1-3H3,(H,14,15)/t7-,10-/m0/s1. The molecule has 1 aromatic rings. The number of sulfone groups is 1. The average Bonchev–Trinajstić information content (AvgIpc) is 2.82. The predicted molar refractivity (Wildman–Crippen MR) is 83.0 cm³/mol. The van der Waals surface area contributed by atoms with Gasteiger partial charge >= 0.3 is 0 Å². The van der Waals surface area contributed by atoms with E-state index in [0.717, 1.165) is 6.92 Å². The van der Waals surface area contributed by atoms with Crippen molar-refractivity contribution in [1.82, 2.24) is 10.0 Å². The first-order valence-electron chi connectivity index (χ1n) is 6.74. The highest BCUT2D eigenvalue weighted by atomic mass is 32.3. The Morgan fingerprint density at radius 2 is 2.09 bits per heavy atom. The van der Waals surface area contributed by atoms with Gasteiger partial charge in [-0.1, -0.05) is 6.92 Å². The summed E-state index contributed by atoms with van der Waals surface area (Å²) in [6.07, 6.45) is 0.388. The van der Waals surface area contributed by atoms with Crippen molar-refractivity contribution in [2.75, 3.05) is 6.54 Å². The molecule has 0 unspecified atom stereocenters. The summed E-state index contributed by atoms with van der Waals surface area (Å²) < 4.78 is 50.8. The summed E-state index contributed by atoms with van der Waals surface area (Å²) in [5, 5.41) is 2.59. The van der Waals surface area contributed by atoms with Crippen LogP contribution in [0.4, 0.5) is 0 Å². The van der Waals surface area contributed by atoms with Gasteiger partial charge in [0.1, 0.15) is 8.42 Å². The highest BCUT2D eigenvalue weighted by molar-refractivity contribution is 7.95. The van der Waals surface area contributed by atoms with Crippen LogP contribution in [-0.4, -0.2) is 34.5 Å². The molecule has 1 amide bonds. The fourth-order valence-electron chi connectivity index (χ4n) is 2.41. The minimum Gasteiger partial charge on any atom is -0.310 e. The molecular formula is C12H18N2O5S3. The summed E-state index contributed by atoms with van der Waals surface area (Å²) in [5.74, 6) is -0.717. The molecule has 0 spiro atoms. The number of carbonyl (C=O) groups is 1. The Bertz CT molecular complexity index is 795. The van der Waals surface area contributed by atoms with Crippen molar-refractivity contribution in [2.24, 2.45) is 0 Å². The van der Waals surface area contributed by atoms with E-state index in [2.05, 4.69) is 5.32 Å². The lowest BCUT2D eigenvalue weighted by Gasteiger charge is -2.27. The smallest absolute Gasteiger partial charge is 0.273 e. The topological polar surface area (TPSA) is 109 Å². The molecule has 1 aliphatic heterocycles. The summed E-state index contributed by atoms with van der Waals surface area (Å²) in [6.45, 7) is 5.24. The maximum Gasteiger partial charge on any atom is 0.273 e. The molecule has 1 aromatic heterocycles. The molecule has 0 bridgehead atoms. The van der Waals surface area contributed by atoms with Crippen LogP contribution >= 0.6 is 11.3 Å². The van der Waals surface area contributed by atoms with Crippen LogP contribution in [0.3, 0.4) is 0 Å². The lowest BCUT2D eigenvalue weighted by atomic mass is 10.1. The van der Waals surface area contributed by atoms with Crippen LogP contribution in [0.1, 0.15) is 38.8 Å². The number of amides is 1. The van der Waals surface area contributed by atoms with E-state index < -0.39 is 31.0 Å². The molecule has 0 saturated carbocycles. The van der Waals surface area contributed by atoms with E-state index in [1.165, 1.54) is 6.07 Å². The average molecular weight is 366 g/mol. The zero-order valence-electron chi connectivity index (χ0n) is 12.4. The Morgan fingerprint density at radius 3 is 2.64 bits per heavy atom. The Morgan fingerprint density at radius 1 is 1.45 bits per heavy atom. The predicted octanol–water partition coefficient (Wildman–Crippen LogP) is 0.789. The van der Waals surface area contributed by atoms with Crippen molar-refractivity contribution in [3.63, 3.8) is 0 Å². The summed E-state index contributed by atoms with van der Waals surface area (Å²) in [4.78, 5) is 11.0. The number of carbonyl (C=O) groups excluding carboxylic acids is 1. The Kier molecular flexibility index (Phi) is 4.67. The lowest BCUT2D eigenvalue weighted by Crippen LogP contribution is -2.33. The van der Waals surface area contributed by atoms with Crippen molar-refractivity contribution in [3.05, 3.63) is 11.6 Å². The van der Waals surface area contributed by atoms with E-state index >= 15 is 0 Å². The third-order valence-electron chi connectivity index (χ3n) is 3.43. The van der Waals surface area contributed by atoms with E-state index in [0.29, 0.717) is 29.9 Å². The fraction of sp³-hybridized carbons (Fsp3) is 0.583. The third kappa shape index (κ3) is 3.05. The Hall–Kier alpha value is -0.970. The number of thiophene rings is 1. The second-order valence-electron chi connectivity index (χ2n) is 5.17. The van der Waals surface area contributed by atoms with E-state index in [4.69, 9.17) is 0 Å². The van der Waals surface area contributed by atoms with E-state index in [-0.39, 0.29) is 14.5 Å². The van der Waals surface area contributed by atoms with Gasteiger partial charge < -0.3 is 5.32 Å². The van der Waals surface area contributed by atoms with E-state index in [9.17, 15) is 21.6 Å². The van der Waals surface area contributed by atoms with Crippen LogP contribution in [0.5, 0.6) is 0 Å². The van der Waals surface area contributed by atoms with Crippen LogP contribution in [0.25, 0.3) is 0 Å². The minimum absolute atomic E-state index is 0.0705. The molecule has 10 heteroatoms. The number of rotatable bonds is 4. The van der Waals surface area contributed by atoms with Crippen LogP contribution < -0.4 is 10.0 Å². The summed E-state index contributed by atoms with van der Waals surface area (Å²) in [5.41, 5.74) is 0.467. The van der Waals surface area contributed by atoms with Crippen LogP contribution in [0.2, 0.25) is 0 Å². The SMILES string of the molecule is CCN[C@H]1C[C@H](C)S(=O)(=O)c2sc(S(=O)(=O)NC(C)=O)cc21. The molecule has 2 N–H and O–H groups in total. The molecule has 2 atom stereocenters. The zero-order chi connectivity index (χ0) is 16.7. The van der Waals surface area contributed by atoms with Crippen molar-refractivity contribution in [1.29, 1.82) is 0 Å². The fourth-order valence-corrected chi connectivity index (χ4v) is 7.40. The molecule has 0 radical (unpaired) electrons. The maximum absolute atomic E-state index is 12.4. The van der Waals surface area contributed by atoms with Gasteiger partial charge in [0.15, 0.2) is 9.84 Å². The van der Waals surface area contributed by atoms with Crippen molar-refractivity contribution in [3.8, 4) is 0 Å². The van der Waals surface area contributed by atoms with Crippen LogP contribution in [0.15, 0.2) is 14.5 Å². The van der Waals surface area contributed by atoms with Gasteiger partial charge in [0, 0.05) is 18.5 Å². The Labute approximate surface area is 134 Å². The maximum atomic E-state index is 12.4. The first-order chi connectivity index (χ1) is 10.1. The highest BCUT2D eigenvalue weighted by Gasteiger charge is 2.39. The molecule has 1 aliphatic rings. The molecule has 0 saturated heterocycles. The number of hydrogen-bond acceptors (Lipinski definition) is 7. The largest absolute Gasteiger partial charge is 0.310 e. The molecule has 0 aromatic carbocycles. The molecule has 124 valence electrons. The number of hydrogen-bond donors (Lipinski definition) is 2. The second-order valence-corrected chi connectivity index (χ2v) is 10.7. The van der Waals surface area contributed by atoms with Crippen molar-refractivity contribution >= 4 is 37.1 Å². The monoisotopic (exact) mass is 366 g/mol. The molecular weight excluding hydrogens is 348 g/mol. The van der Waals surface area contributed by atoms with Gasteiger partial charge in [0.25, 0.3) is 10.0 Å². The first-order valence-corrected chi connectivity index (χ1v) is 10.6. The van der Waals surface area contributed by atoms with Crippen LogP contribution in [0, 0.1) is 0 Å². The van der Waals surface area contributed by atoms with Gasteiger partial charge in [-0.25, -0.2) is 21.6 Å². The third-order valence-corrected chi connectivity index (χ3v) is 9.23. The van der Waals surface area contributed by atoms with Crippen molar-refractivity contribution < 1.29 is 21.6 Å². The highest BCUT2D eigenvalue weighted by Crippen LogP contribution is 2.42. The zero-order valence-corrected chi connectivity index (χ0v) is 14.9. The normalized spacial score (nSPS) is 23.8. The van der Waals surface area contributed by atoms with Gasteiger partial charge in [-0.3, -0.25) is 4.79 Å². The molecule has 2 heterocycles. The molecule has 7 nitrogen and oxygen atoms in total. The second kappa shape index (κ2) is 5.91. The molecule has 0 fully saturated rings. The van der Waals surface area contributed by atoms with Gasteiger partial charge in [0.05, 0.1) is 5.25 Å². The quantitative estimate of drug-likeness (QED) is 0.815. The number of nitrogens with one attached hydrogen (secondary N) is 2. The van der Waals surface area contributed by atoms with E-state index in [1.54, 1.807) is 6.92 Å². The molecule has 0 aliphatic carbocycles. The molecule has 2 rings (SSSR count). The van der Waals surface area contributed by atoms with Gasteiger partial charge in [-0.2, -0.15) is 0 Å². The molecule has 22 heavy (non-hydrogen) atoms. The Balaban J connectivity index is 2.58. The van der Waals surface area contributed by atoms with Crippen molar-refractivity contribution in [2.45, 2.75) is 46.9 Å². The summed E-state index contributed by atoms with van der Waals surface area (Å²) in [6, 6.07) is 1.14. The van der Waals surface area contributed by atoms with Gasteiger partial charge in [0.2, 0.25) is 5.91 Å². The summed E-state index contributed by atoms with van der Waals surface area (Å²) in [7, 11) is -7.57.